The van der Waals surface area contributed by atoms with E-state index in [0.717, 1.165) is 32.1 Å². The normalized spacial score (nSPS) is 26.0. The number of hydrogen-bond acceptors (Lipinski definition) is 7. The van der Waals surface area contributed by atoms with Gasteiger partial charge in [-0.05, 0) is 32.1 Å². The number of hydrogen-bond donors (Lipinski definition) is 3. The number of allylic oxidation sites excluding steroid dienone is 2. The lowest BCUT2D eigenvalue weighted by atomic mass is 9.99. The minimum absolute atomic E-state index is 0.186. The van der Waals surface area contributed by atoms with Gasteiger partial charge >= 0.3 is 5.97 Å². The molecule has 0 unspecified atom stereocenters. The van der Waals surface area contributed by atoms with Crippen LogP contribution in [0, 0.1) is 0 Å². The minimum Gasteiger partial charge on any atom is -0.463 e. The van der Waals surface area contributed by atoms with Gasteiger partial charge in [0.15, 0.2) is 6.29 Å². The maximum absolute atomic E-state index is 11.9. The predicted octanol–water partition coefficient (Wildman–Crippen LogP) is 4.02. The van der Waals surface area contributed by atoms with Gasteiger partial charge in [-0.3, -0.25) is 4.79 Å². The average Bonchev–Trinajstić information content (AvgIpc) is 2.79. The van der Waals surface area contributed by atoms with Crippen molar-refractivity contribution in [3.05, 3.63) is 12.2 Å². The largest absolute Gasteiger partial charge is 0.463 e. The summed E-state index contributed by atoms with van der Waals surface area (Å²) in [5, 5.41) is 29.5. The summed E-state index contributed by atoms with van der Waals surface area (Å²) in [5.74, 6) is -0.354. The molecule has 0 spiro atoms. The van der Waals surface area contributed by atoms with Crippen molar-refractivity contribution in [2.24, 2.45) is 0 Å². The SMILES string of the molecule is CCCCCCCC/C=C\CCCCCCCC(=O)OC[C@H]1O[C@H](OC)[C@H](O)[C@@H](O)[C@@H]1O. The lowest BCUT2D eigenvalue weighted by molar-refractivity contribution is -0.295. The number of rotatable bonds is 18. The fraction of sp³-hybridized carbons (Fsp3) is 0.880. The van der Waals surface area contributed by atoms with Crippen molar-refractivity contribution in [2.75, 3.05) is 13.7 Å². The molecular weight excluding hydrogens is 412 g/mol. The van der Waals surface area contributed by atoms with E-state index in [-0.39, 0.29) is 12.6 Å². The number of aliphatic hydroxyl groups is 3. The fourth-order valence-electron chi connectivity index (χ4n) is 3.84. The van der Waals surface area contributed by atoms with Crippen molar-refractivity contribution in [1.82, 2.24) is 0 Å². The topological polar surface area (TPSA) is 105 Å². The quantitative estimate of drug-likeness (QED) is 0.162. The zero-order valence-corrected chi connectivity index (χ0v) is 20.1. The molecule has 1 fully saturated rings. The maximum atomic E-state index is 11.9. The number of carbonyl (C=O) groups is 1. The van der Waals surface area contributed by atoms with Crippen LogP contribution >= 0.6 is 0 Å². The van der Waals surface area contributed by atoms with Gasteiger partial charge in [0.1, 0.15) is 31.0 Å². The highest BCUT2D eigenvalue weighted by atomic mass is 16.7. The highest BCUT2D eigenvalue weighted by molar-refractivity contribution is 5.69. The molecule has 0 aromatic heterocycles. The van der Waals surface area contributed by atoms with Gasteiger partial charge in [-0.25, -0.2) is 0 Å². The van der Waals surface area contributed by atoms with Crippen LogP contribution in [-0.4, -0.2) is 65.7 Å². The molecule has 7 nitrogen and oxygen atoms in total. The van der Waals surface area contributed by atoms with Crippen molar-refractivity contribution in [3.8, 4) is 0 Å². The van der Waals surface area contributed by atoms with E-state index >= 15 is 0 Å². The van der Waals surface area contributed by atoms with Crippen LogP contribution in [0.15, 0.2) is 12.2 Å². The van der Waals surface area contributed by atoms with Crippen LogP contribution in [0.2, 0.25) is 0 Å². The summed E-state index contributed by atoms with van der Waals surface area (Å²) in [5.41, 5.74) is 0. The first-order valence-corrected chi connectivity index (χ1v) is 12.5. The van der Waals surface area contributed by atoms with Crippen molar-refractivity contribution in [1.29, 1.82) is 0 Å². The van der Waals surface area contributed by atoms with E-state index < -0.39 is 30.7 Å². The molecule has 1 saturated heterocycles. The van der Waals surface area contributed by atoms with Gasteiger partial charge in [0.25, 0.3) is 0 Å². The lowest BCUT2D eigenvalue weighted by Gasteiger charge is -2.39. The Morgan fingerprint density at radius 2 is 1.38 bits per heavy atom. The summed E-state index contributed by atoms with van der Waals surface area (Å²) in [6.45, 7) is 2.06. The Bertz CT molecular complexity index is 495. The molecule has 0 amide bonds. The molecule has 3 N–H and O–H groups in total. The van der Waals surface area contributed by atoms with Crippen LogP contribution in [0.25, 0.3) is 0 Å². The third-order valence-electron chi connectivity index (χ3n) is 5.95. The van der Waals surface area contributed by atoms with Crippen molar-refractivity contribution in [3.63, 3.8) is 0 Å². The molecular formula is C25H46O7. The highest BCUT2D eigenvalue weighted by Gasteiger charge is 2.44. The van der Waals surface area contributed by atoms with E-state index in [1.54, 1.807) is 0 Å². The number of aliphatic hydroxyl groups excluding tert-OH is 3. The maximum Gasteiger partial charge on any atom is 0.305 e. The smallest absolute Gasteiger partial charge is 0.305 e. The van der Waals surface area contributed by atoms with Gasteiger partial charge in [-0.15, -0.1) is 0 Å². The summed E-state index contributed by atoms with van der Waals surface area (Å²) in [6, 6.07) is 0. The average molecular weight is 459 g/mol. The molecule has 0 radical (unpaired) electrons. The summed E-state index contributed by atoms with van der Waals surface area (Å²) in [7, 11) is 1.33. The summed E-state index contributed by atoms with van der Waals surface area (Å²) in [4.78, 5) is 11.9. The Morgan fingerprint density at radius 3 is 1.97 bits per heavy atom. The second-order valence-electron chi connectivity index (χ2n) is 8.77. The number of ether oxygens (including phenoxy) is 3. The van der Waals surface area contributed by atoms with E-state index in [9.17, 15) is 20.1 Å². The van der Waals surface area contributed by atoms with Gasteiger partial charge < -0.3 is 29.5 Å². The Hall–Kier alpha value is -0.990. The predicted molar refractivity (Wildman–Crippen MR) is 124 cm³/mol. The molecule has 0 aliphatic carbocycles. The van der Waals surface area contributed by atoms with Crippen LogP contribution in [0.1, 0.15) is 96.8 Å². The molecule has 1 heterocycles. The van der Waals surface area contributed by atoms with E-state index in [2.05, 4.69) is 19.1 Å². The number of carbonyl (C=O) groups excluding carboxylic acids is 1. The van der Waals surface area contributed by atoms with Crippen LogP contribution < -0.4 is 0 Å². The third kappa shape index (κ3) is 12.3. The number of unbranched alkanes of at least 4 members (excludes halogenated alkanes) is 11. The summed E-state index contributed by atoms with van der Waals surface area (Å²) >= 11 is 0. The summed E-state index contributed by atoms with van der Waals surface area (Å²) < 4.78 is 15.4. The molecule has 32 heavy (non-hydrogen) atoms. The first-order valence-electron chi connectivity index (χ1n) is 12.5. The molecule has 1 aliphatic heterocycles. The number of esters is 1. The van der Waals surface area contributed by atoms with Crippen LogP contribution in [-0.2, 0) is 19.0 Å². The van der Waals surface area contributed by atoms with Crippen molar-refractivity contribution >= 4 is 5.97 Å². The second-order valence-corrected chi connectivity index (χ2v) is 8.77. The van der Waals surface area contributed by atoms with Gasteiger partial charge in [-0.1, -0.05) is 70.4 Å². The van der Waals surface area contributed by atoms with Crippen molar-refractivity contribution in [2.45, 2.75) is 128 Å². The third-order valence-corrected chi connectivity index (χ3v) is 5.95. The van der Waals surface area contributed by atoms with E-state index in [4.69, 9.17) is 14.2 Å². The van der Waals surface area contributed by atoms with Crippen molar-refractivity contribution < 1.29 is 34.3 Å². The molecule has 0 aromatic rings. The Kier molecular flexibility index (Phi) is 16.7. The van der Waals surface area contributed by atoms with E-state index in [0.29, 0.717) is 6.42 Å². The first-order chi connectivity index (χ1) is 15.5. The van der Waals surface area contributed by atoms with Crippen LogP contribution in [0.5, 0.6) is 0 Å². The Morgan fingerprint density at radius 1 is 0.812 bits per heavy atom. The standard InChI is InChI=1S/C25H46O7/c1-3-4-5-6-7-8-9-10-11-12-13-14-15-16-17-18-21(26)31-19-20-22(27)23(28)24(29)25(30-2)32-20/h10-11,20,22-25,27-29H,3-9,12-19H2,1-2H3/b11-10-/t20-,22-,23+,24-,25+/m1/s1. The van der Waals surface area contributed by atoms with Gasteiger partial charge in [-0.2, -0.15) is 0 Å². The van der Waals surface area contributed by atoms with Gasteiger partial charge in [0, 0.05) is 13.5 Å². The Labute approximate surface area is 194 Å². The highest BCUT2D eigenvalue weighted by Crippen LogP contribution is 2.22. The monoisotopic (exact) mass is 458 g/mol. The molecule has 188 valence electrons. The van der Waals surface area contributed by atoms with Crippen LogP contribution in [0.4, 0.5) is 0 Å². The molecule has 1 rings (SSSR count). The zero-order valence-electron chi connectivity index (χ0n) is 20.1. The zero-order chi connectivity index (χ0) is 23.6. The van der Waals surface area contributed by atoms with Crippen LogP contribution in [0.3, 0.4) is 0 Å². The van der Waals surface area contributed by atoms with E-state index in [1.165, 1.54) is 58.5 Å². The Balaban J connectivity index is 1.97. The molecule has 1 aliphatic rings. The van der Waals surface area contributed by atoms with Gasteiger partial charge in [0.05, 0.1) is 0 Å². The molecule has 0 aromatic carbocycles. The first kappa shape index (κ1) is 29.0. The lowest BCUT2D eigenvalue weighted by Crippen LogP contribution is -2.59. The molecule has 0 bridgehead atoms. The minimum atomic E-state index is -1.41. The molecule has 7 heteroatoms. The molecule has 5 atom stereocenters. The molecule has 0 saturated carbocycles. The summed E-state index contributed by atoms with van der Waals surface area (Å²) in [6.07, 6.45) is 14.4. The second kappa shape index (κ2) is 18.4. The fourth-order valence-corrected chi connectivity index (χ4v) is 3.84. The van der Waals surface area contributed by atoms with Gasteiger partial charge in [0.2, 0.25) is 0 Å². The number of methoxy groups -OCH3 is 1. The van der Waals surface area contributed by atoms with E-state index in [1.807, 2.05) is 0 Å².